The SMILES string of the molecule is C[C@H](N)c1ccc(Br)c(Br)c1. The molecular formula is C8H9Br2N. The van der Waals surface area contributed by atoms with Crippen molar-refractivity contribution in [2.75, 3.05) is 0 Å². The molecule has 1 aromatic carbocycles. The minimum atomic E-state index is 0.0967. The van der Waals surface area contributed by atoms with Gasteiger partial charge in [0.05, 0.1) is 0 Å². The second kappa shape index (κ2) is 3.70. The minimum absolute atomic E-state index is 0.0967. The third-order valence-corrected chi connectivity index (χ3v) is 3.35. The first-order valence-electron chi connectivity index (χ1n) is 3.32. The molecule has 1 atom stereocenters. The molecule has 2 N–H and O–H groups in total. The molecule has 60 valence electrons. The number of benzene rings is 1. The van der Waals surface area contributed by atoms with Crippen molar-refractivity contribution >= 4 is 31.9 Å². The zero-order valence-corrected chi connectivity index (χ0v) is 9.31. The van der Waals surface area contributed by atoms with Crippen molar-refractivity contribution in [3.63, 3.8) is 0 Å². The van der Waals surface area contributed by atoms with Gasteiger partial charge in [0.2, 0.25) is 0 Å². The normalized spacial score (nSPS) is 13.1. The highest BCUT2D eigenvalue weighted by molar-refractivity contribution is 9.13. The molecule has 0 saturated heterocycles. The molecule has 0 radical (unpaired) electrons. The van der Waals surface area contributed by atoms with Crippen LogP contribution in [-0.4, -0.2) is 0 Å². The predicted octanol–water partition coefficient (Wildman–Crippen LogP) is 3.23. The summed E-state index contributed by atoms with van der Waals surface area (Å²) in [7, 11) is 0. The first-order valence-corrected chi connectivity index (χ1v) is 4.90. The predicted molar refractivity (Wildman–Crippen MR) is 54.4 cm³/mol. The molecular weight excluding hydrogens is 270 g/mol. The minimum Gasteiger partial charge on any atom is -0.324 e. The van der Waals surface area contributed by atoms with Crippen LogP contribution in [0.5, 0.6) is 0 Å². The molecule has 0 aliphatic rings. The fourth-order valence-electron chi connectivity index (χ4n) is 0.796. The van der Waals surface area contributed by atoms with E-state index in [0.29, 0.717) is 0 Å². The van der Waals surface area contributed by atoms with Gasteiger partial charge < -0.3 is 5.73 Å². The smallest absolute Gasteiger partial charge is 0.0320 e. The fraction of sp³-hybridized carbons (Fsp3) is 0.250. The van der Waals surface area contributed by atoms with Gasteiger partial charge in [-0.1, -0.05) is 6.07 Å². The molecule has 1 aromatic rings. The molecule has 0 saturated carbocycles. The van der Waals surface area contributed by atoms with E-state index in [1.165, 1.54) is 0 Å². The monoisotopic (exact) mass is 277 g/mol. The van der Waals surface area contributed by atoms with Crippen molar-refractivity contribution in [1.82, 2.24) is 0 Å². The summed E-state index contributed by atoms with van der Waals surface area (Å²) >= 11 is 6.80. The van der Waals surface area contributed by atoms with E-state index in [0.717, 1.165) is 14.5 Å². The number of halogens is 2. The van der Waals surface area contributed by atoms with Gasteiger partial charge >= 0.3 is 0 Å². The summed E-state index contributed by atoms with van der Waals surface area (Å²) < 4.78 is 2.11. The van der Waals surface area contributed by atoms with Crippen LogP contribution < -0.4 is 5.73 Å². The Kier molecular flexibility index (Phi) is 3.10. The van der Waals surface area contributed by atoms with Crippen molar-refractivity contribution in [2.45, 2.75) is 13.0 Å². The first-order chi connectivity index (χ1) is 5.11. The van der Waals surface area contributed by atoms with E-state index in [-0.39, 0.29) is 6.04 Å². The van der Waals surface area contributed by atoms with Gasteiger partial charge in [-0.3, -0.25) is 0 Å². The summed E-state index contributed by atoms with van der Waals surface area (Å²) in [5, 5.41) is 0. The molecule has 0 aliphatic carbocycles. The molecule has 0 unspecified atom stereocenters. The molecule has 1 rings (SSSR count). The van der Waals surface area contributed by atoms with E-state index in [1.807, 2.05) is 25.1 Å². The Morgan fingerprint density at radius 2 is 1.91 bits per heavy atom. The molecule has 0 amide bonds. The Balaban J connectivity index is 3.05. The van der Waals surface area contributed by atoms with E-state index in [9.17, 15) is 0 Å². The van der Waals surface area contributed by atoms with Crippen LogP contribution in [0, 0.1) is 0 Å². The lowest BCUT2D eigenvalue weighted by atomic mass is 10.1. The van der Waals surface area contributed by atoms with Crippen LogP contribution in [0.3, 0.4) is 0 Å². The Hall–Kier alpha value is 0.140. The number of hydrogen-bond acceptors (Lipinski definition) is 1. The summed E-state index contributed by atoms with van der Waals surface area (Å²) in [5.74, 6) is 0. The van der Waals surface area contributed by atoms with Crippen molar-refractivity contribution < 1.29 is 0 Å². The Bertz CT molecular complexity index is 258. The summed E-state index contributed by atoms with van der Waals surface area (Å²) in [4.78, 5) is 0. The zero-order chi connectivity index (χ0) is 8.43. The summed E-state index contributed by atoms with van der Waals surface area (Å²) in [6.45, 7) is 1.97. The molecule has 11 heavy (non-hydrogen) atoms. The van der Waals surface area contributed by atoms with Gasteiger partial charge in [0.1, 0.15) is 0 Å². The first kappa shape index (κ1) is 9.23. The highest BCUT2D eigenvalue weighted by Gasteiger charge is 2.01. The van der Waals surface area contributed by atoms with E-state index in [1.54, 1.807) is 0 Å². The topological polar surface area (TPSA) is 26.0 Å². The third-order valence-electron chi connectivity index (χ3n) is 1.47. The van der Waals surface area contributed by atoms with Gasteiger partial charge in [-0.2, -0.15) is 0 Å². The molecule has 0 fully saturated rings. The van der Waals surface area contributed by atoms with Crippen LogP contribution >= 0.6 is 31.9 Å². The summed E-state index contributed by atoms with van der Waals surface area (Å²) in [6, 6.07) is 6.12. The van der Waals surface area contributed by atoms with Crippen LogP contribution in [0.25, 0.3) is 0 Å². The van der Waals surface area contributed by atoms with Crippen molar-refractivity contribution in [2.24, 2.45) is 5.73 Å². The third kappa shape index (κ3) is 2.29. The Morgan fingerprint density at radius 3 is 2.36 bits per heavy atom. The lowest BCUT2D eigenvalue weighted by Crippen LogP contribution is -2.04. The standard InChI is InChI=1S/C8H9Br2N/c1-5(11)6-2-3-7(9)8(10)4-6/h2-5H,11H2,1H3/t5-/m0/s1. The summed E-state index contributed by atoms with van der Waals surface area (Å²) in [5.41, 5.74) is 6.84. The number of rotatable bonds is 1. The van der Waals surface area contributed by atoms with E-state index in [4.69, 9.17) is 5.73 Å². The maximum Gasteiger partial charge on any atom is 0.0320 e. The van der Waals surface area contributed by atoms with Crippen molar-refractivity contribution in [3.8, 4) is 0 Å². The largest absolute Gasteiger partial charge is 0.324 e. The second-order valence-corrected chi connectivity index (χ2v) is 4.17. The Labute approximate surface area is 83.2 Å². The highest BCUT2D eigenvalue weighted by atomic mass is 79.9. The fourth-order valence-corrected chi connectivity index (χ4v) is 1.44. The number of hydrogen-bond donors (Lipinski definition) is 1. The van der Waals surface area contributed by atoms with E-state index >= 15 is 0 Å². The van der Waals surface area contributed by atoms with Crippen LogP contribution in [0.15, 0.2) is 27.1 Å². The Morgan fingerprint density at radius 1 is 1.27 bits per heavy atom. The van der Waals surface area contributed by atoms with Gasteiger partial charge in [-0.05, 0) is 56.5 Å². The molecule has 0 spiro atoms. The number of nitrogens with two attached hydrogens (primary N) is 1. The van der Waals surface area contributed by atoms with Crippen LogP contribution in [0.4, 0.5) is 0 Å². The second-order valence-electron chi connectivity index (χ2n) is 2.46. The average molecular weight is 279 g/mol. The van der Waals surface area contributed by atoms with E-state index in [2.05, 4.69) is 31.9 Å². The molecule has 0 aromatic heterocycles. The van der Waals surface area contributed by atoms with Crippen LogP contribution in [-0.2, 0) is 0 Å². The highest BCUT2D eigenvalue weighted by Crippen LogP contribution is 2.25. The van der Waals surface area contributed by atoms with Crippen LogP contribution in [0.2, 0.25) is 0 Å². The van der Waals surface area contributed by atoms with Gasteiger partial charge in [0.25, 0.3) is 0 Å². The maximum atomic E-state index is 5.70. The lowest BCUT2D eigenvalue weighted by molar-refractivity contribution is 0.817. The quantitative estimate of drug-likeness (QED) is 0.839. The molecule has 0 heterocycles. The molecule has 0 aliphatic heterocycles. The van der Waals surface area contributed by atoms with E-state index < -0.39 is 0 Å². The molecule has 3 heteroatoms. The van der Waals surface area contributed by atoms with Gasteiger partial charge in [0, 0.05) is 15.0 Å². The molecule has 1 nitrogen and oxygen atoms in total. The van der Waals surface area contributed by atoms with Crippen LogP contribution in [0.1, 0.15) is 18.5 Å². The zero-order valence-electron chi connectivity index (χ0n) is 6.14. The molecule has 0 bridgehead atoms. The average Bonchev–Trinajstić information content (AvgIpc) is 1.94. The van der Waals surface area contributed by atoms with Gasteiger partial charge in [-0.25, -0.2) is 0 Å². The van der Waals surface area contributed by atoms with Crippen molar-refractivity contribution in [1.29, 1.82) is 0 Å². The lowest BCUT2D eigenvalue weighted by Gasteiger charge is -2.05. The maximum absolute atomic E-state index is 5.70. The van der Waals surface area contributed by atoms with Crippen molar-refractivity contribution in [3.05, 3.63) is 32.7 Å². The van der Waals surface area contributed by atoms with Gasteiger partial charge in [0.15, 0.2) is 0 Å². The van der Waals surface area contributed by atoms with Gasteiger partial charge in [-0.15, -0.1) is 0 Å². The summed E-state index contributed by atoms with van der Waals surface area (Å²) in [6.07, 6.45) is 0.